The van der Waals surface area contributed by atoms with Crippen LogP contribution in [0.25, 0.3) is 11.2 Å². The van der Waals surface area contributed by atoms with Crippen LogP contribution in [-0.2, 0) is 9.53 Å². The van der Waals surface area contributed by atoms with Crippen molar-refractivity contribution in [3.8, 4) is 0 Å². The highest BCUT2D eigenvalue weighted by Crippen LogP contribution is 2.33. The molecule has 182 valence electrons. The van der Waals surface area contributed by atoms with Gasteiger partial charge in [-0.2, -0.15) is 0 Å². The summed E-state index contributed by atoms with van der Waals surface area (Å²) in [6, 6.07) is -1.09. The molecule has 12 heteroatoms. The first-order chi connectivity index (χ1) is 15.6. The Morgan fingerprint density at radius 3 is 2.64 bits per heavy atom. The van der Waals surface area contributed by atoms with Gasteiger partial charge in [0.25, 0.3) is 0 Å². The summed E-state index contributed by atoms with van der Waals surface area (Å²) in [5, 5.41) is 29.5. The number of unbranched alkanes of at least 4 members (excludes halogenated alkanes) is 1. The second kappa shape index (κ2) is 10.3. The molecule has 33 heavy (non-hydrogen) atoms. The van der Waals surface area contributed by atoms with Crippen LogP contribution in [0.3, 0.4) is 0 Å². The van der Waals surface area contributed by atoms with Crippen LogP contribution in [0.2, 0.25) is 0 Å². The van der Waals surface area contributed by atoms with Crippen LogP contribution < -0.4 is 16.0 Å². The number of amides is 2. The van der Waals surface area contributed by atoms with E-state index in [9.17, 15) is 19.8 Å². The maximum absolute atomic E-state index is 12.4. The molecule has 3 rings (SSSR count). The largest absolute Gasteiger partial charge is 0.444 e. The number of fused-ring (bicyclic) bond motifs is 1. The van der Waals surface area contributed by atoms with Crippen LogP contribution in [-0.4, -0.2) is 79.2 Å². The minimum atomic E-state index is -1.11. The topological polar surface area (TPSA) is 164 Å². The number of aliphatic hydroxyl groups is 2. The molecule has 1 fully saturated rings. The Morgan fingerprint density at radius 2 is 1.94 bits per heavy atom. The summed E-state index contributed by atoms with van der Waals surface area (Å²) in [5.41, 5.74) is 0.545. The maximum Gasteiger partial charge on any atom is 0.407 e. The molecule has 5 N–H and O–H groups in total. The number of nitrogens with one attached hydrogen (secondary N) is 3. The van der Waals surface area contributed by atoms with Gasteiger partial charge in [0.05, 0.1) is 18.4 Å². The fourth-order valence-corrected chi connectivity index (χ4v) is 3.90. The van der Waals surface area contributed by atoms with Crippen molar-refractivity contribution in [2.45, 2.75) is 76.3 Å². The van der Waals surface area contributed by atoms with Gasteiger partial charge in [0.1, 0.15) is 29.7 Å². The van der Waals surface area contributed by atoms with Gasteiger partial charge in [-0.25, -0.2) is 19.7 Å². The first-order valence-corrected chi connectivity index (χ1v) is 11.1. The normalized spacial score (nSPS) is 22.8. The van der Waals surface area contributed by atoms with Crippen molar-refractivity contribution in [1.29, 1.82) is 0 Å². The van der Waals surface area contributed by atoms with E-state index in [1.165, 1.54) is 6.33 Å². The highest BCUT2D eigenvalue weighted by atomic mass is 16.6. The summed E-state index contributed by atoms with van der Waals surface area (Å²) in [6.07, 6.45) is 2.02. The lowest BCUT2D eigenvalue weighted by atomic mass is 10.1. The molecule has 2 heterocycles. The van der Waals surface area contributed by atoms with E-state index < -0.39 is 36.0 Å². The van der Waals surface area contributed by atoms with Crippen molar-refractivity contribution >= 4 is 29.0 Å². The Kier molecular flexibility index (Phi) is 7.69. The third-order valence-electron chi connectivity index (χ3n) is 5.45. The Hall–Kier alpha value is -2.99. The van der Waals surface area contributed by atoms with Gasteiger partial charge in [-0.05, 0) is 40.0 Å². The lowest BCUT2D eigenvalue weighted by molar-refractivity contribution is -0.122. The molecule has 1 aliphatic rings. The van der Waals surface area contributed by atoms with Gasteiger partial charge in [-0.1, -0.05) is 0 Å². The van der Waals surface area contributed by atoms with Crippen molar-refractivity contribution in [2.75, 3.05) is 18.9 Å². The van der Waals surface area contributed by atoms with Gasteiger partial charge in [0.15, 0.2) is 11.5 Å². The molecule has 0 aromatic carbocycles. The average molecular weight is 464 g/mol. The van der Waals surface area contributed by atoms with E-state index in [1.807, 2.05) is 0 Å². The Labute approximate surface area is 192 Å². The van der Waals surface area contributed by atoms with Gasteiger partial charge in [0, 0.05) is 20.0 Å². The molecule has 4 atom stereocenters. The maximum atomic E-state index is 12.4. The second-order valence-corrected chi connectivity index (χ2v) is 9.14. The first kappa shape index (κ1) is 24.6. The number of aliphatic hydroxyl groups excluding tert-OH is 2. The molecule has 2 aromatic rings. The number of anilines is 1. The molecule has 12 nitrogen and oxygen atoms in total. The molecule has 0 unspecified atom stereocenters. The monoisotopic (exact) mass is 463 g/mol. The number of carbonyl (C=O) groups excluding carboxylic acids is 2. The van der Waals surface area contributed by atoms with Crippen molar-refractivity contribution < 1.29 is 24.5 Å². The number of hydrogen-bond donors (Lipinski definition) is 5. The molecular weight excluding hydrogens is 430 g/mol. The lowest BCUT2D eigenvalue weighted by Crippen LogP contribution is -2.43. The second-order valence-electron chi connectivity index (χ2n) is 9.14. The minimum Gasteiger partial charge on any atom is -0.444 e. The highest BCUT2D eigenvalue weighted by molar-refractivity contribution is 5.82. The molecule has 0 bridgehead atoms. The third kappa shape index (κ3) is 6.08. The Bertz CT molecular complexity index is 974. The standard InChI is InChI=1S/C21H33N7O5/c1-21(2,3)33-20(32)23-8-6-5-7-14(29)27-12-9-13(17(31)16(12)30)28-11-26-15-18(22-4)24-10-25-19(15)28/h10-13,16-17,30-31H,5-9H2,1-4H3,(H,23,32)(H,27,29)(H,22,24,25)/t12-,13+,16-,17+/m1/s1. The molecule has 1 aliphatic carbocycles. The molecule has 0 spiro atoms. The van der Waals surface area contributed by atoms with E-state index in [4.69, 9.17) is 4.74 Å². The van der Waals surface area contributed by atoms with E-state index in [0.29, 0.717) is 42.8 Å². The van der Waals surface area contributed by atoms with Crippen LogP contribution in [0.5, 0.6) is 0 Å². The Morgan fingerprint density at radius 1 is 1.18 bits per heavy atom. The zero-order valence-corrected chi connectivity index (χ0v) is 19.4. The van der Waals surface area contributed by atoms with E-state index in [-0.39, 0.29) is 12.3 Å². The van der Waals surface area contributed by atoms with Gasteiger partial charge >= 0.3 is 6.09 Å². The van der Waals surface area contributed by atoms with Gasteiger partial charge < -0.3 is 35.5 Å². The van der Waals surface area contributed by atoms with Gasteiger partial charge in [-0.3, -0.25) is 4.79 Å². The van der Waals surface area contributed by atoms with Crippen LogP contribution in [0.1, 0.15) is 52.5 Å². The number of rotatable bonds is 8. The zero-order chi connectivity index (χ0) is 24.2. The van der Waals surface area contributed by atoms with Crippen molar-refractivity contribution in [3.05, 3.63) is 12.7 Å². The molecular formula is C21H33N7O5. The van der Waals surface area contributed by atoms with E-state index in [0.717, 1.165) is 0 Å². The molecule has 0 radical (unpaired) electrons. The molecule has 2 amide bonds. The predicted octanol–water partition coefficient (Wildman–Crippen LogP) is 0.714. The summed E-state index contributed by atoms with van der Waals surface area (Å²) in [5.74, 6) is 0.345. The number of nitrogens with zero attached hydrogens (tertiary/aromatic N) is 4. The summed E-state index contributed by atoms with van der Waals surface area (Å²) in [4.78, 5) is 36.7. The first-order valence-electron chi connectivity index (χ1n) is 11.1. The summed E-state index contributed by atoms with van der Waals surface area (Å²) in [7, 11) is 1.73. The SMILES string of the molecule is CNc1ncnc2c1ncn2[C@H]1C[C@@H](NC(=O)CCCCNC(=O)OC(C)(C)C)[C@@H](O)[C@H]1O. The predicted molar refractivity (Wildman–Crippen MR) is 121 cm³/mol. The smallest absolute Gasteiger partial charge is 0.407 e. The van der Waals surface area contributed by atoms with Gasteiger partial charge in [-0.15, -0.1) is 0 Å². The number of alkyl carbamates (subject to hydrolysis) is 1. The fraction of sp³-hybridized carbons (Fsp3) is 0.667. The average Bonchev–Trinajstić information content (AvgIpc) is 3.28. The van der Waals surface area contributed by atoms with Crippen molar-refractivity contribution in [2.24, 2.45) is 0 Å². The van der Waals surface area contributed by atoms with Crippen LogP contribution >= 0.6 is 0 Å². The highest BCUT2D eigenvalue weighted by Gasteiger charge is 2.43. The molecule has 0 aliphatic heterocycles. The minimum absolute atomic E-state index is 0.223. The Balaban J connectivity index is 1.48. The number of imidazole rings is 1. The van der Waals surface area contributed by atoms with E-state index in [1.54, 1.807) is 38.7 Å². The number of carbonyl (C=O) groups is 2. The van der Waals surface area contributed by atoms with Gasteiger partial charge in [0.2, 0.25) is 5.91 Å². The van der Waals surface area contributed by atoms with E-state index >= 15 is 0 Å². The quantitative estimate of drug-likeness (QED) is 0.355. The zero-order valence-electron chi connectivity index (χ0n) is 19.4. The number of aromatic nitrogens is 4. The van der Waals surface area contributed by atoms with Crippen LogP contribution in [0.15, 0.2) is 12.7 Å². The molecule has 0 saturated heterocycles. The van der Waals surface area contributed by atoms with Crippen molar-refractivity contribution in [1.82, 2.24) is 30.2 Å². The number of hydrogen-bond acceptors (Lipinski definition) is 9. The van der Waals surface area contributed by atoms with Crippen molar-refractivity contribution in [3.63, 3.8) is 0 Å². The third-order valence-corrected chi connectivity index (χ3v) is 5.45. The summed E-state index contributed by atoms with van der Waals surface area (Å²) in [6.45, 7) is 5.77. The summed E-state index contributed by atoms with van der Waals surface area (Å²) < 4.78 is 6.87. The van der Waals surface area contributed by atoms with Crippen LogP contribution in [0, 0.1) is 0 Å². The van der Waals surface area contributed by atoms with E-state index in [2.05, 4.69) is 30.9 Å². The lowest BCUT2D eigenvalue weighted by Gasteiger charge is -2.19. The number of ether oxygens (including phenoxy) is 1. The van der Waals surface area contributed by atoms with Crippen LogP contribution in [0.4, 0.5) is 10.6 Å². The molecule has 1 saturated carbocycles. The fourth-order valence-electron chi connectivity index (χ4n) is 3.90. The summed E-state index contributed by atoms with van der Waals surface area (Å²) >= 11 is 0. The molecule has 2 aromatic heterocycles.